The molecule has 1 aliphatic carbocycles. The van der Waals surface area contributed by atoms with Gasteiger partial charge in [0.05, 0.1) is 25.4 Å². The molecule has 0 saturated heterocycles. The third-order valence-corrected chi connectivity index (χ3v) is 8.11. The van der Waals surface area contributed by atoms with Crippen molar-refractivity contribution in [3.05, 3.63) is 131 Å². The summed E-state index contributed by atoms with van der Waals surface area (Å²) in [4.78, 5) is 39.1. The highest BCUT2D eigenvalue weighted by atomic mass is 16.5. The quantitative estimate of drug-likeness (QED) is 0.166. The molecular weight excluding hydrogens is 584 g/mol. The fraction of sp³-hybridized carbons (Fsp3) is 0.270. The first-order chi connectivity index (χ1) is 22.3. The molecule has 0 fully saturated rings. The van der Waals surface area contributed by atoms with Crippen LogP contribution < -0.4 is 10.6 Å². The Labute approximate surface area is 268 Å². The van der Waals surface area contributed by atoms with Gasteiger partial charge in [-0.15, -0.1) is 0 Å². The maximum Gasteiger partial charge on any atom is 0.407 e. The summed E-state index contributed by atoms with van der Waals surface area (Å²) >= 11 is 0. The molecule has 4 aromatic rings. The summed E-state index contributed by atoms with van der Waals surface area (Å²) in [7, 11) is 0. The Morgan fingerprint density at radius 3 is 1.61 bits per heavy atom. The number of fused-ring (bicyclic) bond motifs is 3. The molecule has 0 saturated carbocycles. The molecule has 46 heavy (non-hydrogen) atoms. The molecule has 3 N–H and O–H groups in total. The van der Waals surface area contributed by atoms with E-state index in [1.54, 1.807) is 13.8 Å². The highest BCUT2D eigenvalue weighted by Crippen LogP contribution is 2.44. The fourth-order valence-corrected chi connectivity index (χ4v) is 5.58. The van der Waals surface area contributed by atoms with Crippen molar-refractivity contribution >= 4 is 18.0 Å². The van der Waals surface area contributed by atoms with Crippen molar-refractivity contribution in [3.8, 4) is 11.1 Å². The molecule has 4 aromatic carbocycles. The number of carboxylic acid groups (broad SMARTS) is 1. The van der Waals surface area contributed by atoms with Crippen LogP contribution in [0.5, 0.6) is 0 Å². The lowest BCUT2D eigenvalue weighted by molar-refractivity contribution is -0.147. The van der Waals surface area contributed by atoms with Crippen LogP contribution in [0.3, 0.4) is 0 Å². The molecule has 0 radical (unpaired) electrons. The molecule has 2 amide bonds. The summed E-state index contributed by atoms with van der Waals surface area (Å²) in [5.74, 6) is -2.18. The normalized spacial score (nSPS) is 14.7. The summed E-state index contributed by atoms with van der Waals surface area (Å²) in [6, 6.07) is 32.0. The lowest BCUT2D eigenvalue weighted by Gasteiger charge is -2.28. The second kappa shape index (κ2) is 15.3. The number of carboxylic acids is 1. The SMILES string of the molecule is CC(OCc1ccccc1)C(NC(=O)C(NC(=O)OCC1c2ccccc2-c2ccccc21)C(C)OCc1ccccc1)C(=O)O. The summed E-state index contributed by atoms with van der Waals surface area (Å²) in [5, 5.41) is 15.2. The van der Waals surface area contributed by atoms with Gasteiger partial charge in [-0.1, -0.05) is 109 Å². The van der Waals surface area contributed by atoms with Gasteiger partial charge in [-0.05, 0) is 47.2 Å². The van der Waals surface area contributed by atoms with Gasteiger partial charge in [0, 0.05) is 5.92 Å². The van der Waals surface area contributed by atoms with Crippen molar-refractivity contribution in [2.75, 3.05) is 6.61 Å². The van der Waals surface area contributed by atoms with Crippen LogP contribution >= 0.6 is 0 Å². The minimum Gasteiger partial charge on any atom is -0.480 e. The Morgan fingerprint density at radius 1 is 0.652 bits per heavy atom. The topological polar surface area (TPSA) is 123 Å². The van der Waals surface area contributed by atoms with Crippen molar-refractivity contribution in [1.82, 2.24) is 10.6 Å². The van der Waals surface area contributed by atoms with Gasteiger partial charge < -0.3 is 30.0 Å². The lowest BCUT2D eigenvalue weighted by atomic mass is 9.98. The number of rotatable bonds is 14. The van der Waals surface area contributed by atoms with E-state index in [0.29, 0.717) is 0 Å². The van der Waals surface area contributed by atoms with Crippen LogP contribution in [0.4, 0.5) is 4.79 Å². The molecular formula is C37H38N2O7. The zero-order valence-electron chi connectivity index (χ0n) is 25.8. The molecule has 5 rings (SSSR count). The van der Waals surface area contributed by atoms with Gasteiger partial charge in [0.2, 0.25) is 5.91 Å². The molecule has 9 nitrogen and oxygen atoms in total. The fourth-order valence-electron chi connectivity index (χ4n) is 5.58. The standard InChI is InChI=1S/C37H38N2O7/c1-24(44-21-26-13-5-3-6-14-26)33(35(40)38-34(36(41)42)25(2)45-22-27-15-7-4-8-16-27)39-37(43)46-23-32-30-19-11-9-17-28(30)29-18-10-12-20-31(29)32/h3-20,24-25,32-34H,21-23H2,1-2H3,(H,38,40)(H,39,43)(H,41,42). The maximum absolute atomic E-state index is 13.6. The second-order valence-electron chi connectivity index (χ2n) is 11.3. The molecule has 1 aliphatic rings. The van der Waals surface area contributed by atoms with Crippen LogP contribution in [-0.4, -0.2) is 54.0 Å². The lowest BCUT2D eigenvalue weighted by Crippen LogP contribution is -2.58. The van der Waals surface area contributed by atoms with E-state index in [1.807, 2.05) is 109 Å². The van der Waals surface area contributed by atoms with E-state index in [0.717, 1.165) is 33.4 Å². The number of amides is 2. The predicted octanol–water partition coefficient (Wildman–Crippen LogP) is 5.67. The van der Waals surface area contributed by atoms with Crippen molar-refractivity contribution in [3.63, 3.8) is 0 Å². The molecule has 0 bridgehead atoms. The highest BCUT2D eigenvalue weighted by Gasteiger charge is 2.35. The highest BCUT2D eigenvalue weighted by molar-refractivity contribution is 5.90. The minimum absolute atomic E-state index is 0.0512. The average molecular weight is 623 g/mol. The van der Waals surface area contributed by atoms with Crippen molar-refractivity contribution in [1.29, 1.82) is 0 Å². The Balaban J connectivity index is 1.27. The van der Waals surface area contributed by atoms with Gasteiger partial charge in [-0.3, -0.25) is 4.79 Å². The van der Waals surface area contributed by atoms with Crippen LogP contribution in [0, 0.1) is 0 Å². The molecule has 0 spiro atoms. The van der Waals surface area contributed by atoms with Crippen LogP contribution in [0.15, 0.2) is 109 Å². The van der Waals surface area contributed by atoms with E-state index in [1.165, 1.54) is 0 Å². The largest absolute Gasteiger partial charge is 0.480 e. The Kier molecular flexibility index (Phi) is 10.8. The molecule has 0 aliphatic heterocycles. The van der Waals surface area contributed by atoms with E-state index in [9.17, 15) is 19.5 Å². The first-order valence-corrected chi connectivity index (χ1v) is 15.3. The molecule has 9 heteroatoms. The van der Waals surface area contributed by atoms with Crippen molar-refractivity contribution in [2.45, 2.75) is 57.3 Å². The van der Waals surface area contributed by atoms with Gasteiger partial charge >= 0.3 is 12.1 Å². The first-order valence-electron chi connectivity index (χ1n) is 15.3. The first kappa shape index (κ1) is 32.4. The van der Waals surface area contributed by atoms with Crippen LogP contribution in [0.1, 0.15) is 42.0 Å². The number of aliphatic carboxylic acids is 1. The van der Waals surface area contributed by atoms with Gasteiger partial charge in [-0.2, -0.15) is 0 Å². The van der Waals surface area contributed by atoms with E-state index < -0.39 is 42.3 Å². The Bertz CT molecular complexity index is 1580. The van der Waals surface area contributed by atoms with Gasteiger partial charge in [0.15, 0.2) is 6.04 Å². The monoisotopic (exact) mass is 622 g/mol. The Morgan fingerprint density at radius 2 is 1.11 bits per heavy atom. The molecule has 4 unspecified atom stereocenters. The van der Waals surface area contributed by atoms with E-state index >= 15 is 0 Å². The van der Waals surface area contributed by atoms with Crippen LogP contribution in [0.25, 0.3) is 11.1 Å². The van der Waals surface area contributed by atoms with Gasteiger partial charge in [0.1, 0.15) is 12.6 Å². The summed E-state index contributed by atoms with van der Waals surface area (Å²) in [6.07, 6.45) is -2.54. The van der Waals surface area contributed by atoms with Gasteiger partial charge in [-0.25, -0.2) is 9.59 Å². The van der Waals surface area contributed by atoms with E-state index in [-0.39, 0.29) is 25.7 Å². The zero-order chi connectivity index (χ0) is 32.5. The molecule has 238 valence electrons. The van der Waals surface area contributed by atoms with Gasteiger partial charge in [0.25, 0.3) is 0 Å². The van der Waals surface area contributed by atoms with Crippen LogP contribution in [-0.2, 0) is 37.0 Å². The third-order valence-electron chi connectivity index (χ3n) is 8.11. The predicted molar refractivity (Wildman–Crippen MR) is 173 cm³/mol. The van der Waals surface area contributed by atoms with E-state index in [2.05, 4.69) is 10.6 Å². The smallest absolute Gasteiger partial charge is 0.407 e. The number of carbonyl (C=O) groups is 3. The second-order valence-corrected chi connectivity index (χ2v) is 11.3. The minimum atomic E-state index is -1.38. The number of benzene rings is 4. The summed E-state index contributed by atoms with van der Waals surface area (Å²) in [5.41, 5.74) is 6.04. The van der Waals surface area contributed by atoms with Crippen LogP contribution in [0.2, 0.25) is 0 Å². The number of carbonyl (C=O) groups excluding carboxylic acids is 2. The Hall–Kier alpha value is -4.99. The number of hydrogen-bond donors (Lipinski definition) is 3. The molecule has 0 aromatic heterocycles. The third kappa shape index (κ3) is 7.99. The molecule has 0 heterocycles. The molecule has 4 atom stereocenters. The summed E-state index contributed by atoms with van der Waals surface area (Å²) in [6.45, 7) is 3.61. The van der Waals surface area contributed by atoms with Crippen molar-refractivity contribution in [2.24, 2.45) is 0 Å². The van der Waals surface area contributed by atoms with E-state index in [4.69, 9.17) is 14.2 Å². The number of nitrogens with one attached hydrogen (secondary N) is 2. The summed E-state index contributed by atoms with van der Waals surface area (Å²) < 4.78 is 17.5. The number of alkyl carbamates (subject to hydrolysis) is 1. The zero-order valence-corrected chi connectivity index (χ0v) is 25.8. The average Bonchev–Trinajstić information content (AvgIpc) is 3.40. The van der Waals surface area contributed by atoms with Crippen molar-refractivity contribution < 1.29 is 33.7 Å². The number of hydrogen-bond acceptors (Lipinski definition) is 6. The number of ether oxygens (including phenoxy) is 3. The maximum atomic E-state index is 13.6.